The van der Waals surface area contributed by atoms with E-state index in [0.29, 0.717) is 6.54 Å². The number of terminal acetylenes is 2. The van der Waals surface area contributed by atoms with Gasteiger partial charge in [-0.1, -0.05) is 44.4 Å². The van der Waals surface area contributed by atoms with Gasteiger partial charge in [0.15, 0.2) is 0 Å². The third kappa shape index (κ3) is 15.3. The predicted octanol–water partition coefficient (Wildman–Crippen LogP) is 2.97. The Morgan fingerprint density at radius 1 is 1.00 bits per heavy atom. The quantitative estimate of drug-likeness (QED) is 0.425. The van der Waals surface area contributed by atoms with Gasteiger partial charge in [0.1, 0.15) is 0 Å². The van der Waals surface area contributed by atoms with Crippen molar-refractivity contribution < 1.29 is 0 Å². The van der Waals surface area contributed by atoms with Gasteiger partial charge in [0.25, 0.3) is 0 Å². The van der Waals surface area contributed by atoms with Crippen LogP contribution in [0.4, 0.5) is 0 Å². The van der Waals surface area contributed by atoms with Crippen LogP contribution in [-0.2, 0) is 0 Å². The van der Waals surface area contributed by atoms with E-state index in [0.717, 1.165) is 19.5 Å². The van der Waals surface area contributed by atoms with Gasteiger partial charge in [-0.3, -0.25) is 0 Å². The molecule has 0 aromatic heterocycles. The second-order valence-electron chi connectivity index (χ2n) is 4.61. The molecule has 0 spiro atoms. The van der Waals surface area contributed by atoms with Gasteiger partial charge >= 0.3 is 0 Å². The fourth-order valence-electron chi connectivity index (χ4n) is 1.83. The molecule has 2 nitrogen and oxygen atoms in total. The molecule has 0 amide bonds. The van der Waals surface area contributed by atoms with Crippen molar-refractivity contribution >= 4 is 12.4 Å². The summed E-state index contributed by atoms with van der Waals surface area (Å²) in [6.45, 7) is 4.94. The molecule has 1 unspecified atom stereocenters. The molecule has 0 aliphatic carbocycles. The zero-order valence-corrected chi connectivity index (χ0v) is 13.0. The summed E-state index contributed by atoms with van der Waals surface area (Å²) >= 11 is 0. The Morgan fingerprint density at radius 2 is 1.74 bits per heavy atom. The lowest BCUT2D eigenvalue weighted by Gasteiger charge is -2.12. The summed E-state index contributed by atoms with van der Waals surface area (Å²) in [5, 5.41) is 6.63. The maximum atomic E-state index is 5.52. The molecule has 0 heterocycles. The molecule has 0 fully saturated rings. The van der Waals surface area contributed by atoms with E-state index in [-0.39, 0.29) is 18.4 Å². The van der Waals surface area contributed by atoms with Crippen molar-refractivity contribution in [2.24, 2.45) is 0 Å². The van der Waals surface area contributed by atoms with Gasteiger partial charge in [0, 0.05) is 0 Å². The molecule has 0 saturated heterocycles. The third-order valence-corrected chi connectivity index (χ3v) is 2.95. The molecule has 1 atom stereocenters. The molecule has 0 aromatic carbocycles. The van der Waals surface area contributed by atoms with Gasteiger partial charge in [-0.05, 0) is 32.4 Å². The highest BCUT2D eigenvalue weighted by atomic mass is 35.5. The highest BCUT2D eigenvalue weighted by Gasteiger charge is 2.02. The molecule has 0 aliphatic heterocycles. The molecule has 110 valence electrons. The highest BCUT2D eigenvalue weighted by Crippen LogP contribution is 2.03. The first kappa shape index (κ1) is 20.6. The van der Waals surface area contributed by atoms with Crippen LogP contribution in [-0.4, -0.2) is 25.7 Å². The summed E-state index contributed by atoms with van der Waals surface area (Å²) in [5.41, 5.74) is 0. The summed E-state index contributed by atoms with van der Waals surface area (Å²) in [5.74, 6) is 5.41. The van der Waals surface area contributed by atoms with Gasteiger partial charge in [-0.2, -0.15) is 0 Å². The topological polar surface area (TPSA) is 24.1 Å². The Balaban J connectivity index is 0. The average Bonchev–Trinajstić information content (AvgIpc) is 2.40. The van der Waals surface area contributed by atoms with Crippen LogP contribution in [0.25, 0.3) is 0 Å². The van der Waals surface area contributed by atoms with Crippen LogP contribution in [0, 0.1) is 24.7 Å². The molecule has 2 N–H and O–H groups in total. The first-order valence-electron chi connectivity index (χ1n) is 7.18. The summed E-state index contributed by atoms with van der Waals surface area (Å²) in [4.78, 5) is 0. The van der Waals surface area contributed by atoms with Crippen LogP contribution in [0.2, 0.25) is 0 Å². The van der Waals surface area contributed by atoms with Crippen LogP contribution < -0.4 is 10.6 Å². The molecule has 19 heavy (non-hydrogen) atoms. The van der Waals surface area contributed by atoms with E-state index in [4.69, 9.17) is 12.8 Å². The van der Waals surface area contributed by atoms with Crippen molar-refractivity contribution in [3.8, 4) is 24.7 Å². The van der Waals surface area contributed by atoms with E-state index in [1.165, 1.54) is 38.5 Å². The van der Waals surface area contributed by atoms with Crippen LogP contribution in [0.15, 0.2) is 0 Å². The Morgan fingerprint density at radius 3 is 2.37 bits per heavy atom. The molecule has 0 rings (SSSR count). The minimum atomic E-state index is 0. The Bertz CT molecular complexity index is 252. The summed E-state index contributed by atoms with van der Waals surface area (Å²) in [7, 11) is 0. The molecular weight excluding hydrogens is 256 g/mol. The van der Waals surface area contributed by atoms with Crippen molar-refractivity contribution in [2.75, 3.05) is 19.6 Å². The monoisotopic (exact) mass is 284 g/mol. The Labute approximate surface area is 125 Å². The van der Waals surface area contributed by atoms with Crippen molar-refractivity contribution in [3.05, 3.63) is 0 Å². The molecule has 0 aromatic rings. The molecule has 0 bridgehead atoms. The van der Waals surface area contributed by atoms with E-state index in [2.05, 4.69) is 29.4 Å². The van der Waals surface area contributed by atoms with Gasteiger partial charge in [-0.15, -0.1) is 25.3 Å². The van der Waals surface area contributed by atoms with Crippen molar-refractivity contribution in [2.45, 2.75) is 57.9 Å². The molecule has 0 aliphatic rings. The first-order chi connectivity index (χ1) is 8.85. The number of halogens is 1. The van der Waals surface area contributed by atoms with Gasteiger partial charge < -0.3 is 10.6 Å². The second-order valence-corrected chi connectivity index (χ2v) is 4.61. The number of hydrogen-bond donors (Lipinski definition) is 2. The lowest BCUT2D eigenvalue weighted by atomic mass is 10.1. The zero-order valence-electron chi connectivity index (χ0n) is 12.2. The maximum absolute atomic E-state index is 5.52. The SMILES string of the molecule is C#CCNCCCCCC(C#C)NCCCCC.Cl. The largest absolute Gasteiger partial charge is 0.306 e. The molecule has 0 saturated carbocycles. The van der Waals surface area contributed by atoms with E-state index in [1.807, 2.05) is 0 Å². The average molecular weight is 285 g/mol. The van der Waals surface area contributed by atoms with Crippen molar-refractivity contribution in [3.63, 3.8) is 0 Å². The zero-order chi connectivity index (χ0) is 13.5. The van der Waals surface area contributed by atoms with Crippen LogP contribution >= 0.6 is 12.4 Å². The summed E-state index contributed by atoms with van der Waals surface area (Å²) in [6, 6.07) is 0.250. The van der Waals surface area contributed by atoms with E-state index < -0.39 is 0 Å². The molecule has 3 heteroatoms. The lowest BCUT2D eigenvalue weighted by molar-refractivity contribution is 0.510. The van der Waals surface area contributed by atoms with Crippen LogP contribution in [0.5, 0.6) is 0 Å². The second kappa shape index (κ2) is 17.3. The van der Waals surface area contributed by atoms with E-state index in [9.17, 15) is 0 Å². The number of nitrogens with one attached hydrogen (secondary N) is 2. The van der Waals surface area contributed by atoms with E-state index >= 15 is 0 Å². The maximum Gasteiger partial charge on any atom is 0.0686 e. The molecular formula is C16H29ClN2. The normalized spacial score (nSPS) is 11.1. The van der Waals surface area contributed by atoms with E-state index in [1.54, 1.807) is 0 Å². The predicted molar refractivity (Wildman–Crippen MR) is 87.6 cm³/mol. The summed E-state index contributed by atoms with van der Waals surface area (Å²) in [6.07, 6.45) is 19.1. The Kier molecular flexibility index (Phi) is 18.8. The standard InChI is InChI=1S/C16H28N2.ClH/c1-4-7-10-15-18-16(6-3)12-9-8-11-14-17-13-5-2;/h2-3,16-18H,4,7-15H2,1H3;1H. The van der Waals surface area contributed by atoms with Gasteiger partial charge in [0.05, 0.1) is 12.6 Å². The first-order valence-corrected chi connectivity index (χ1v) is 7.18. The number of hydrogen-bond acceptors (Lipinski definition) is 2. The van der Waals surface area contributed by atoms with Crippen LogP contribution in [0.1, 0.15) is 51.9 Å². The highest BCUT2D eigenvalue weighted by molar-refractivity contribution is 5.85. The number of unbranched alkanes of at least 4 members (excludes halogenated alkanes) is 4. The fraction of sp³-hybridized carbons (Fsp3) is 0.750. The Hall–Kier alpha value is -0.670. The smallest absolute Gasteiger partial charge is 0.0686 e. The number of rotatable bonds is 12. The minimum absolute atomic E-state index is 0. The van der Waals surface area contributed by atoms with Gasteiger partial charge in [-0.25, -0.2) is 0 Å². The van der Waals surface area contributed by atoms with Gasteiger partial charge in [0.2, 0.25) is 0 Å². The fourth-order valence-corrected chi connectivity index (χ4v) is 1.83. The summed E-state index contributed by atoms with van der Waals surface area (Å²) < 4.78 is 0. The van der Waals surface area contributed by atoms with Crippen molar-refractivity contribution in [1.29, 1.82) is 0 Å². The molecule has 0 radical (unpaired) electrons. The van der Waals surface area contributed by atoms with Crippen molar-refractivity contribution in [1.82, 2.24) is 10.6 Å². The third-order valence-electron chi connectivity index (χ3n) is 2.95. The minimum Gasteiger partial charge on any atom is -0.306 e. The lowest BCUT2D eigenvalue weighted by Crippen LogP contribution is -2.28. The van der Waals surface area contributed by atoms with Crippen LogP contribution in [0.3, 0.4) is 0 Å².